The van der Waals surface area contributed by atoms with Crippen LogP contribution in [0.15, 0.2) is 205 Å². The first-order valence-electron chi connectivity index (χ1n) is 29.0. The molecule has 10 aromatic carbocycles. The molecule has 76 heavy (non-hydrogen) atoms. The molecule has 0 saturated heterocycles. The van der Waals surface area contributed by atoms with E-state index >= 15 is 0 Å². The van der Waals surface area contributed by atoms with Gasteiger partial charge in [0.2, 0.25) is 0 Å². The van der Waals surface area contributed by atoms with Crippen molar-refractivity contribution in [2.24, 2.45) is 0 Å². The van der Waals surface area contributed by atoms with Gasteiger partial charge in [0.1, 0.15) is 0 Å². The second kappa shape index (κ2) is 21.3. The van der Waals surface area contributed by atoms with E-state index in [2.05, 4.69) is 236 Å². The van der Waals surface area contributed by atoms with Crippen LogP contribution in [0.3, 0.4) is 0 Å². The van der Waals surface area contributed by atoms with E-state index in [0.717, 1.165) is 12.8 Å². The molecule has 2 aliphatic carbocycles. The van der Waals surface area contributed by atoms with Gasteiger partial charge in [0.15, 0.2) is 0 Å². The summed E-state index contributed by atoms with van der Waals surface area (Å²) < 4.78 is 6.52. The molecule has 0 N–H and O–H groups in total. The van der Waals surface area contributed by atoms with Crippen molar-refractivity contribution in [3.8, 4) is 44.5 Å². The molecular weight excluding hydrogens is 1010 g/mol. The molecule has 12 rings (SSSR count). The average molecular weight is 1080 g/mol. The molecule has 0 fully saturated rings. The fraction of sp³-hybridized carbons (Fsp3) is 0.243. The van der Waals surface area contributed by atoms with Crippen LogP contribution in [0.2, 0.25) is 9.26 Å². The average Bonchev–Trinajstić information content (AvgIpc) is 4.26. The second-order valence-corrected chi connectivity index (χ2v) is 54.1. The SMILES string of the molecule is CCCCCCCC1=Cc2c(-c3cccc4ccccc34)ccc(-c3cccc4ccccc34)c2[CH]1[Zr]([CH3])([CH3])(=[SiH2])[CH]1C(CCCCCCC)=Cc2c(-c3cccc4ccccc34)ccc(-c3cccc4ccccc34)c21. The van der Waals surface area contributed by atoms with E-state index in [-0.39, 0.29) is 0 Å². The monoisotopic (exact) mass is 1080 g/mol. The van der Waals surface area contributed by atoms with Crippen LogP contribution in [-0.4, -0.2) is 6.88 Å². The topological polar surface area (TPSA) is 0 Å². The molecule has 2 aliphatic rings. The van der Waals surface area contributed by atoms with E-state index in [1.165, 1.54) is 163 Å². The molecule has 2 unspecified atom stereocenters. The van der Waals surface area contributed by atoms with Gasteiger partial charge in [-0.3, -0.25) is 0 Å². The van der Waals surface area contributed by atoms with Gasteiger partial charge in [0, 0.05) is 0 Å². The first kappa shape index (κ1) is 50.6. The summed E-state index contributed by atoms with van der Waals surface area (Å²) >= 11 is -4.49. The molecule has 0 spiro atoms. The van der Waals surface area contributed by atoms with Crippen molar-refractivity contribution in [3.05, 3.63) is 228 Å². The van der Waals surface area contributed by atoms with Crippen LogP contribution < -0.4 is 0 Å². The summed E-state index contributed by atoms with van der Waals surface area (Å²) in [4.78, 5) is 0. The number of allylic oxidation sites excluding steroid dienone is 2. The van der Waals surface area contributed by atoms with Gasteiger partial charge in [-0.15, -0.1) is 0 Å². The molecule has 0 aromatic heterocycles. The minimum atomic E-state index is -4.49. The third-order valence-electron chi connectivity index (χ3n) is 17.9. The van der Waals surface area contributed by atoms with Gasteiger partial charge in [-0.1, -0.05) is 0 Å². The third-order valence-corrected chi connectivity index (χ3v) is 35.3. The number of unbranched alkanes of at least 4 members (excludes halogenated alkanes) is 8. The Labute approximate surface area is 455 Å². The maximum absolute atomic E-state index is 4.49. The number of hydrogen-bond acceptors (Lipinski definition) is 0. The molecule has 2 atom stereocenters. The van der Waals surface area contributed by atoms with Crippen LogP contribution in [-0.2, 0) is 17.4 Å². The van der Waals surface area contributed by atoms with Gasteiger partial charge < -0.3 is 0 Å². The van der Waals surface area contributed by atoms with Crippen molar-refractivity contribution < 1.29 is 17.4 Å². The normalized spacial score (nSPS) is 15.4. The van der Waals surface area contributed by atoms with Crippen molar-refractivity contribution in [2.45, 2.75) is 107 Å². The van der Waals surface area contributed by atoms with E-state index in [9.17, 15) is 0 Å². The maximum atomic E-state index is 2.93. The number of rotatable bonds is 18. The molecule has 0 saturated carbocycles. The fourth-order valence-corrected chi connectivity index (χ4v) is 34.2. The van der Waals surface area contributed by atoms with Crippen LogP contribution in [0.25, 0.3) is 99.7 Å². The predicted octanol–water partition coefficient (Wildman–Crippen LogP) is 21.6. The van der Waals surface area contributed by atoms with E-state index in [4.69, 9.17) is 0 Å². The molecule has 0 radical (unpaired) electrons. The first-order chi connectivity index (χ1) is 37.2. The van der Waals surface area contributed by atoms with Crippen molar-refractivity contribution in [1.29, 1.82) is 0 Å². The number of hydrogen-bond donors (Lipinski definition) is 0. The Morgan fingerprint density at radius 2 is 0.605 bits per heavy atom. The Hall–Kier alpha value is -6.18. The molecule has 2 heteroatoms. The Bertz CT molecular complexity index is 3700. The van der Waals surface area contributed by atoms with Gasteiger partial charge in [0.05, 0.1) is 0 Å². The van der Waals surface area contributed by atoms with Crippen LogP contribution in [0.5, 0.6) is 0 Å². The van der Waals surface area contributed by atoms with E-state index in [0.29, 0.717) is 7.25 Å². The molecule has 10 aromatic rings. The quantitative estimate of drug-likeness (QED) is 0.0593. The number of benzene rings is 10. The molecule has 0 bridgehead atoms. The fourth-order valence-electron chi connectivity index (χ4n) is 14.5. The van der Waals surface area contributed by atoms with E-state index in [1.807, 2.05) is 0 Å². The van der Waals surface area contributed by atoms with Crippen molar-refractivity contribution in [2.75, 3.05) is 0 Å². The summed E-state index contributed by atoms with van der Waals surface area (Å²) in [7, 11) is 0. The van der Waals surface area contributed by atoms with Crippen LogP contribution in [0.1, 0.15) is 120 Å². The summed E-state index contributed by atoms with van der Waals surface area (Å²) in [5.74, 6) is 0. The first-order valence-corrected chi connectivity index (χ1v) is 42.6. The van der Waals surface area contributed by atoms with Crippen molar-refractivity contribution in [1.82, 2.24) is 0 Å². The molecular formula is C74H74SiZr. The predicted molar refractivity (Wildman–Crippen MR) is 333 cm³/mol. The zero-order chi connectivity index (χ0) is 51.8. The minimum absolute atomic E-state index is 0.325. The van der Waals surface area contributed by atoms with Crippen LogP contribution >= 0.6 is 0 Å². The third kappa shape index (κ3) is 9.16. The van der Waals surface area contributed by atoms with Crippen LogP contribution in [0, 0.1) is 0 Å². The Morgan fingerprint density at radius 3 is 0.947 bits per heavy atom. The standard InChI is InChI=1S/2C36H33.2CH3.H2Si.Zr/c2*1-2-3-4-5-6-13-26-24-35-33(31-20-11-16-27-14-7-9-18-29(27)31)22-23-34(36(35)25-26)32-21-12-17-28-15-8-10-19-30(28)32;;;;/h2*7-12,14-25H,2-6,13H2,1H3;2*1H3;1H2;. The summed E-state index contributed by atoms with van der Waals surface area (Å²) in [5, 5.41) is 10.6. The zero-order valence-electron chi connectivity index (χ0n) is 45.5. The van der Waals surface area contributed by atoms with Gasteiger partial charge in [-0.2, -0.15) is 0 Å². The molecule has 378 valence electrons. The Kier molecular flexibility index (Phi) is 14.2. The second-order valence-electron chi connectivity index (χ2n) is 23.7. The summed E-state index contributed by atoms with van der Waals surface area (Å²) in [6, 6.07) is 74.6. The zero-order valence-corrected chi connectivity index (χ0v) is 49.3. The Morgan fingerprint density at radius 1 is 0.316 bits per heavy atom. The van der Waals surface area contributed by atoms with Gasteiger partial charge in [-0.05, 0) is 0 Å². The van der Waals surface area contributed by atoms with Crippen molar-refractivity contribution in [3.63, 3.8) is 0 Å². The Balaban J connectivity index is 1.16. The number of fused-ring (bicyclic) bond motifs is 6. The molecule has 0 aliphatic heterocycles. The molecule has 0 heterocycles. The summed E-state index contributed by atoms with van der Waals surface area (Å²) in [5.41, 5.74) is 20.5. The molecule has 0 nitrogen and oxygen atoms in total. The van der Waals surface area contributed by atoms with Gasteiger partial charge in [0.25, 0.3) is 0 Å². The van der Waals surface area contributed by atoms with Crippen LogP contribution in [0.4, 0.5) is 0 Å². The molecule has 0 amide bonds. The summed E-state index contributed by atoms with van der Waals surface area (Å²) in [6.45, 7) is 7.27. The van der Waals surface area contributed by atoms with E-state index in [1.54, 1.807) is 22.3 Å². The van der Waals surface area contributed by atoms with E-state index < -0.39 is 17.4 Å². The van der Waals surface area contributed by atoms with Crippen molar-refractivity contribution >= 4 is 62.1 Å². The summed E-state index contributed by atoms with van der Waals surface area (Å²) in [6.07, 6.45) is 20.6. The van der Waals surface area contributed by atoms with Gasteiger partial charge >= 0.3 is 459 Å². The van der Waals surface area contributed by atoms with Gasteiger partial charge in [-0.25, -0.2) is 0 Å².